The molecule has 0 saturated carbocycles. The molecule has 0 aliphatic heterocycles. The zero-order valence-corrected chi connectivity index (χ0v) is 11.7. The highest BCUT2D eigenvalue weighted by Crippen LogP contribution is 2.30. The number of sulfone groups is 1. The minimum absolute atomic E-state index is 0.306. The van der Waals surface area contributed by atoms with Crippen molar-refractivity contribution in [3.63, 3.8) is 0 Å². The number of hydrogen-bond acceptors (Lipinski definition) is 6. The fourth-order valence-electron chi connectivity index (χ4n) is 0.724. The quantitative estimate of drug-likeness (QED) is 0.679. The predicted molar refractivity (Wildman–Crippen MR) is 58.3 cm³/mol. The molecule has 0 heterocycles. The molecule has 0 N–H and O–H groups in total. The van der Waals surface area contributed by atoms with Gasteiger partial charge >= 0.3 is 5.51 Å². The van der Waals surface area contributed by atoms with E-state index in [4.69, 9.17) is 0 Å². The molecule has 0 rings (SSSR count). The summed E-state index contributed by atoms with van der Waals surface area (Å²) in [4.78, 5) is 0. The molecule has 110 valence electrons. The van der Waals surface area contributed by atoms with Gasteiger partial charge in [0.2, 0.25) is 0 Å². The smallest absolute Gasteiger partial charge is 0.289 e. The van der Waals surface area contributed by atoms with Crippen LogP contribution in [0.15, 0.2) is 0 Å². The van der Waals surface area contributed by atoms with Crippen LogP contribution in [0, 0.1) is 0 Å². The maximum absolute atomic E-state index is 12.3. The summed E-state index contributed by atoms with van der Waals surface area (Å²) >= 11 is -5.88. The Balaban J connectivity index is 5.50. The zero-order chi connectivity index (χ0) is 14.6. The highest BCUT2D eigenvalue weighted by molar-refractivity contribution is 8.18. The maximum atomic E-state index is 12.3. The van der Waals surface area contributed by atoms with E-state index in [2.05, 4.69) is 8.37 Å². The summed E-state index contributed by atoms with van der Waals surface area (Å²) < 4.78 is 87.5. The lowest BCUT2D eigenvalue weighted by Gasteiger charge is -2.16. The van der Waals surface area contributed by atoms with Crippen LogP contribution in [0.2, 0.25) is 0 Å². The molecule has 2 unspecified atom stereocenters. The van der Waals surface area contributed by atoms with Gasteiger partial charge in [-0.1, -0.05) is 0 Å². The molecule has 0 fully saturated rings. The van der Waals surface area contributed by atoms with E-state index < -0.39 is 41.4 Å². The molecule has 0 amide bonds. The number of alkyl halides is 3. The zero-order valence-electron chi connectivity index (χ0n) is 9.30. The second-order valence-corrected chi connectivity index (χ2v) is 7.99. The molecule has 0 aromatic rings. The van der Waals surface area contributed by atoms with E-state index in [0.29, 0.717) is 0 Å². The van der Waals surface area contributed by atoms with Gasteiger partial charge in [0.15, 0.2) is 22.2 Å². The lowest BCUT2D eigenvalue weighted by molar-refractivity contribution is -0.0434. The molecule has 6 nitrogen and oxygen atoms in total. The highest BCUT2D eigenvalue weighted by atomic mass is 32.3. The molecule has 0 radical (unpaired) electrons. The first-order valence-corrected chi connectivity index (χ1v) is 8.29. The largest absolute Gasteiger partial charge is 0.499 e. The molecule has 0 aliphatic carbocycles. The van der Waals surface area contributed by atoms with Gasteiger partial charge in [-0.3, -0.25) is 8.37 Å². The molecule has 18 heavy (non-hydrogen) atoms. The fourth-order valence-corrected chi connectivity index (χ4v) is 5.12. The molecule has 0 aromatic carbocycles. The van der Waals surface area contributed by atoms with Crippen LogP contribution >= 0.6 is 0 Å². The predicted octanol–water partition coefficient (Wildman–Crippen LogP) is 0.605. The summed E-state index contributed by atoms with van der Waals surface area (Å²) in [5.74, 6) is 0. The van der Waals surface area contributed by atoms with E-state index in [0.717, 1.165) is 0 Å². The first-order chi connectivity index (χ1) is 8.09. The van der Waals surface area contributed by atoms with E-state index >= 15 is 0 Å². The van der Waals surface area contributed by atoms with Crippen molar-refractivity contribution in [1.29, 1.82) is 0 Å². The van der Waals surface area contributed by atoms with Crippen LogP contribution in [0.3, 0.4) is 0 Å². The van der Waals surface area contributed by atoms with Crippen molar-refractivity contribution in [1.82, 2.24) is 0 Å². The Bertz CT molecular complexity index is 399. The Labute approximate surface area is 107 Å². The van der Waals surface area contributed by atoms with Gasteiger partial charge in [0.05, 0.1) is 13.2 Å². The van der Waals surface area contributed by atoms with Crippen LogP contribution < -0.4 is 0 Å². The van der Waals surface area contributed by atoms with E-state index in [1.165, 1.54) is 13.8 Å². The van der Waals surface area contributed by atoms with Crippen molar-refractivity contribution in [3.8, 4) is 0 Å². The molecule has 0 aliphatic rings. The van der Waals surface area contributed by atoms with Crippen molar-refractivity contribution < 1.29 is 38.4 Å². The number of halogens is 3. The average molecular weight is 332 g/mol. The monoisotopic (exact) mass is 332 g/mol. The molecule has 0 aromatic heterocycles. The van der Waals surface area contributed by atoms with Crippen molar-refractivity contribution in [2.75, 3.05) is 13.2 Å². The van der Waals surface area contributed by atoms with Crippen LogP contribution in [0.1, 0.15) is 13.8 Å². The Kier molecular flexibility index (Phi) is 6.92. The summed E-state index contributed by atoms with van der Waals surface area (Å²) in [6.45, 7) is 1.97. The van der Waals surface area contributed by atoms with Crippen LogP contribution in [-0.2, 0) is 40.4 Å². The SMILES string of the molecule is CCOS(=O)C(S(=O)OCC)S(=O)(=O)C(F)(F)F. The highest BCUT2D eigenvalue weighted by Gasteiger charge is 2.56. The first-order valence-electron chi connectivity index (χ1n) is 4.47. The second-order valence-electron chi connectivity index (χ2n) is 2.61. The Morgan fingerprint density at radius 2 is 1.39 bits per heavy atom. The standard InChI is InChI=1S/C6H11F3O6S3/c1-3-14-16(10)5(17(11)15-4-2)18(12,13)6(7,8)9/h5H,3-4H2,1-2H3. The fraction of sp³-hybridized carbons (Fsp3) is 1.00. The first kappa shape index (κ1) is 18.0. The topological polar surface area (TPSA) is 86.7 Å². The van der Waals surface area contributed by atoms with Crippen molar-refractivity contribution in [2.24, 2.45) is 0 Å². The van der Waals surface area contributed by atoms with Gasteiger partial charge in [-0.05, 0) is 13.8 Å². The number of hydrogen-bond donors (Lipinski definition) is 0. The van der Waals surface area contributed by atoms with Gasteiger partial charge in [0, 0.05) is 0 Å². The van der Waals surface area contributed by atoms with Crippen molar-refractivity contribution in [2.45, 2.75) is 23.3 Å². The summed E-state index contributed by atoms with van der Waals surface area (Å²) in [5.41, 5.74) is -5.70. The summed E-state index contributed by atoms with van der Waals surface area (Å²) in [6.07, 6.45) is 0. The van der Waals surface area contributed by atoms with E-state index in [9.17, 15) is 30.0 Å². The van der Waals surface area contributed by atoms with E-state index in [1.807, 2.05) is 0 Å². The molecular formula is C6H11F3O6S3. The summed E-state index contributed by atoms with van der Waals surface area (Å²) in [5, 5.41) is 0. The van der Waals surface area contributed by atoms with Gasteiger partial charge in [-0.15, -0.1) is 0 Å². The van der Waals surface area contributed by atoms with Crippen LogP contribution in [0.25, 0.3) is 0 Å². The minimum Gasteiger partial charge on any atom is -0.289 e. The molecule has 0 bridgehead atoms. The Morgan fingerprint density at radius 3 is 1.61 bits per heavy atom. The third-order valence-electron chi connectivity index (χ3n) is 1.36. The summed E-state index contributed by atoms with van der Waals surface area (Å²) in [6, 6.07) is 0. The van der Waals surface area contributed by atoms with E-state index in [-0.39, 0.29) is 13.2 Å². The molecular weight excluding hydrogens is 321 g/mol. The lowest BCUT2D eigenvalue weighted by Crippen LogP contribution is -2.41. The van der Waals surface area contributed by atoms with Crippen molar-refractivity contribution in [3.05, 3.63) is 0 Å². The third-order valence-corrected chi connectivity index (χ3v) is 7.48. The lowest BCUT2D eigenvalue weighted by atomic mass is 10.9. The third kappa shape index (κ3) is 4.26. The normalized spacial score (nSPS) is 18.3. The van der Waals surface area contributed by atoms with Gasteiger partial charge in [0.25, 0.3) is 13.8 Å². The summed E-state index contributed by atoms with van der Waals surface area (Å²) in [7, 11) is -5.93. The van der Waals surface area contributed by atoms with Gasteiger partial charge in [0.1, 0.15) is 0 Å². The Morgan fingerprint density at radius 1 is 1.06 bits per heavy atom. The molecule has 12 heteroatoms. The molecule has 2 atom stereocenters. The van der Waals surface area contributed by atoms with Crippen LogP contribution in [0.5, 0.6) is 0 Å². The second kappa shape index (κ2) is 6.93. The van der Waals surface area contributed by atoms with E-state index in [1.54, 1.807) is 0 Å². The molecule has 0 spiro atoms. The Hall–Kier alpha value is -0.0400. The maximum Gasteiger partial charge on any atom is 0.499 e. The minimum atomic E-state index is -5.93. The molecule has 0 saturated heterocycles. The number of rotatable bonds is 7. The average Bonchev–Trinajstić information content (AvgIpc) is 2.16. The van der Waals surface area contributed by atoms with Gasteiger partial charge in [-0.25, -0.2) is 16.8 Å². The van der Waals surface area contributed by atoms with Crippen LogP contribution in [0.4, 0.5) is 13.2 Å². The van der Waals surface area contributed by atoms with Gasteiger partial charge < -0.3 is 0 Å². The van der Waals surface area contributed by atoms with Gasteiger partial charge in [-0.2, -0.15) is 13.2 Å². The van der Waals surface area contributed by atoms with Crippen molar-refractivity contribution >= 4 is 32.0 Å². The van der Waals surface area contributed by atoms with Crippen LogP contribution in [-0.4, -0.2) is 39.5 Å².